The van der Waals surface area contributed by atoms with Crippen LogP contribution in [-0.4, -0.2) is 36.3 Å². The number of para-hydroxylation sites is 1. The molecule has 20 heavy (non-hydrogen) atoms. The van der Waals surface area contributed by atoms with E-state index in [0.29, 0.717) is 13.0 Å². The Morgan fingerprint density at radius 2 is 1.95 bits per heavy atom. The third-order valence-corrected chi connectivity index (χ3v) is 16.7. The molecule has 0 unspecified atom stereocenters. The Balaban J connectivity index is 1.89. The molecule has 1 heterocycles. The summed E-state index contributed by atoms with van der Waals surface area (Å²) in [6.45, 7) is 0.715. The minimum atomic E-state index is -1.05. The van der Waals surface area contributed by atoms with Crippen LogP contribution in [-0.2, 0) is 4.79 Å². The van der Waals surface area contributed by atoms with Gasteiger partial charge in [-0.1, -0.05) is 0 Å². The van der Waals surface area contributed by atoms with E-state index in [4.69, 9.17) is 5.73 Å². The molecule has 0 aromatic heterocycles. The molecule has 0 spiro atoms. The molecule has 1 saturated heterocycles. The Kier molecular flexibility index (Phi) is 7.35. The standard InChI is InChI=1S/C14H21AsN2OS2/c16-9-5-1-2-8-14(18)17-13-7-4-3-6-12(13)15-19-10-11-20-15/h3-4,6-7H,1-2,5,8-11,16H2,(H,17,18). The molecule has 1 fully saturated rings. The van der Waals surface area contributed by atoms with Gasteiger partial charge in [0.15, 0.2) is 0 Å². The summed E-state index contributed by atoms with van der Waals surface area (Å²) in [6, 6.07) is 8.32. The number of amides is 1. The molecule has 0 saturated carbocycles. The molecule has 1 aliphatic heterocycles. The van der Waals surface area contributed by atoms with Crippen LogP contribution in [0.4, 0.5) is 5.69 Å². The Bertz CT molecular complexity index is 439. The Morgan fingerprint density at radius 3 is 2.70 bits per heavy atom. The maximum atomic E-state index is 12.0. The summed E-state index contributed by atoms with van der Waals surface area (Å²) in [6.07, 6.45) is 3.57. The van der Waals surface area contributed by atoms with Crippen molar-refractivity contribution < 1.29 is 4.79 Å². The number of hydrogen-bond acceptors (Lipinski definition) is 4. The van der Waals surface area contributed by atoms with E-state index in [1.807, 2.05) is 12.1 Å². The van der Waals surface area contributed by atoms with Crippen LogP contribution in [0.25, 0.3) is 0 Å². The normalized spacial score (nSPS) is 15.4. The zero-order valence-corrected chi connectivity index (χ0v) is 15.0. The second kappa shape index (κ2) is 9.03. The number of benzene rings is 1. The van der Waals surface area contributed by atoms with Crippen LogP contribution in [0.15, 0.2) is 24.3 Å². The van der Waals surface area contributed by atoms with Crippen molar-refractivity contribution in [2.24, 2.45) is 5.73 Å². The second-order valence-corrected chi connectivity index (χ2v) is 16.3. The average Bonchev–Trinajstić information content (AvgIpc) is 2.98. The third kappa shape index (κ3) is 5.03. The van der Waals surface area contributed by atoms with Gasteiger partial charge in [0.05, 0.1) is 0 Å². The van der Waals surface area contributed by atoms with E-state index in [1.54, 1.807) is 0 Å². The number of carbonyl (C=O) groups is 1. The van der Waals surface area contributed by atoms with Crippen LogP contribution in [0, 0.1) is 0 Å². The fraction of sp³-hybridized carbons (Fsp3) is 0.500. The summed E-state index contributed by atoms with van der Waals surface area (Å²) < 4.78 is 1.39. The predicted molar refractivity (Wildman–Crippen MR) is 92.9 cm³/mol. The molecule has 3 nitrogen and oxygen atoms in total. The van der Waals surface area contributed by atoms with Crippen molar-refractivity contribution in [3.63, 3.8) is 0 Å². The molecule has 3 N–H and O–H groups in total. The summed E-state index contributed by atoms with van der Waals surface area (Å²) in [5.74, 6) is 2.65. The number of hydrogen-bond donors (Lipinski definition) is 2. The van der Waals surface area contributed by atoms with Crippen molar-refractivity contribution >= 4 is 48.3 Å². The van der Waals surface area contributed by atoms with Gasteiger partial charge in [-0.3, -0.25) is 0 Å². The molecular weight excluding hydrogens is 351 g/mol. The fourth-order valence-electron chi connectivity index (χ4n) is 1.97. The Morgan fingerprint density at radius 1 is 1.20 bits per heavy atom. The van der Waals surface area contributed by atoms with Crippen LogP contribution in [0.5, 0.6) is 0 Å². The van der Waals surface area contributed by atoms with E-state index in [9.17, 15) is 4.79 Å². The first-order valence-electron chi connectivity index (χ1n) is 6.96. The van der Waals surface area contributed by atoms with Gasteiger partial charge >= 0.3 is 132 Å². The molecule has 6 heteroatoms. The van der Waals surface area contributed by atoms with E-state index in [0.717, 1.165) is 24.9 Å². The quantitative estimate of drug-likeness (QED) is 0.570. The van der Waals surface area contributed by atoms with Gasteiger partial charge in [0.2, 0.25) is 0 Å². The van der Waals surface area contributed by atoms with E-state index >= 15 is 0 Å². The van der Waals surface area contributed by atoms with Crippen molar-refractivity contribution in [1.29, 1.82) is 0 Å². The number of anilines is 1. The topological polar surface area (TPSA) is 55.1 Å². The molecular formula is C14H21AsN2OS2. The van der Waals surface area contributed by atoms with Gasteiger partial charge in [-0.15, -0.1) is 0 Å². The van der Waals surface area contributed by atoms with E-state index in [-0.39, 0.29) is 5.91 Å². The van der Waals surface area contributed by atoms with Gasteiger partial charge in [0, 0.05) is 0 Å². The van der Waals surface area contributed by atoms with Crippen molar-refractivity contribution in [2.75, 3.05) is 23.4 Å². The zero-order valence-electron chi connectivity index (χ0n) is 11.5. The van der Waals surface area contributed by atoms with Crippen molar-refractivity contribution in [1.82, 2.24) is 0 Å². The van der Waals surface area contributed by atoms with Gasteiger partial charge < -0.3 is 0 Å². The third-order valence-electron chi connectivity index (χ3n) is 2.98. The molecule has 1 amide bonds. The average molecular weight is 372 g/mol. The summed E-state index contributed by atoms with van der Waals surface area (Å²) in [4.78, 5) is 12.0. The van der Waals surface area contributed by atoms with Crippen LogP contribution >= 0.6 is 20.0 Å². The zero-order chi connectivity index (χ0) is 14.2. The molecule has 0 aliphatic carbocycles. The SMILES string of the molecule is NCCCCCC(=O)Nc1ccccc1[As]1SCCS1. The monoisotopic (exact) mass is 372 g/mol. The van der Waals surface area contributed by atoms with E-state index < -0.39 is 12.3 Å². The maximum absolute atomic E-state index is 12.0. The summed E-state index contributed by atoms with van der Waals surface area (Å²) in [5.41, 5.74) is 6.50. The van der Waals surface area contributed by atoms with Crippen molar-refractivity contribution in [2.45, 2.75) is 25.7 Å². The molecule has 1 aromatic carbocycles. The summed E-state index contributed by atoms with van der Waals surface area (Å²) in [5, 5.41) is 3.10. The van der Waals surface area contributed by atoms with Crippen LogP contribution in [0.1, 0.15) is 25.7 Å². The summed E-state index contributed by atoms with van der Waals surface area (Å²) >= 11 is -1.05. The fourth-order valence-corrected chi connectivity index (χ4v) is 16.6. The Hall–Kier alpha value is -0.0916. The first-order chi connectivity index (χ1) is 9.81. The molecule has 0 atom stereocenters. The number of carbonyl (C=O) groups excluding carboxylic acids is 1. The van der Waals surface area contributed by atoms with Gasteiger partial charge in [-0.2, -0.15) is 0 Å². The number of unbranched alkanes of at least 4 members (excludes halogenated alkanes) is 2. The van der Waals surface area contributed by atoms with Crippen molar-refractivity contribution in [3.8, 4) is 0 Å². The van der Waals surface area contributed by atoms with E-state index in [1.165, 1.54) is 15.9 Å². The molecule has 0 radical (unpaired) electrons. The number of nitrogens with two attached hydrogens (primary N) is 1. The second-order valence-electron chi connectivity index (χ2n) is 4.59. The van der Waals surface area contributed by atoms with Gasteiger partial charge in [0.1, 0.15) is 0 Å². The van der Waals surface area contributed by atoms with Gasteiger partial charge in [-0.05, 0) is 0 Å². The van der Waals surface area contributed by atoms with Gasteiger partial charge in [0.25, 0.3) is 0 Å². The molecule has 110 valence electrons. The summed E-state index contributed by atoms with van der Waals surface area (Å²) in [7, 11) is 4.21. The van der Waals surface area contributed by atoms with Crippen LogP contribution < -0.4 is 15.4 Å². The first kappa shape index (κ1) is 16.3. The minimum absolute atomic E-state index is 0.137. The van der Waals surface area contributed by atoms with Crippen LogP contribution in [0.3, 0.4) is 0 Å². The molecule has 1 aromatic rings. The number of nitrogens with one attached hydrogen (secondary N) is 1. The Labute approximate surface area is 132 Å². The molecule has 2 rings (SSSR count). The van der Waals surface area contributed by atoms with Gasteiger partial charge in [-0.25, -0.2) is 0 Å². The molecule has 0 bridgehead atoms. The van der Waals surface area contributed by atoms with Crippen LogP contribution in [0.2, 0.25) is 0 Å². The number of rotatable bonds is 7. The predicted octanol–water partition coefficient (Wildman–Crippen LogP) is 2.32. The van der Waals surface area contributed by atoms with E-state index in [2.05, 4.69) is 37.5 Å². The molecule has 1 aliphatic rings. The van der Waals surface area contributed by atoms with Crippen molar-refractivity contribution in [3.05, 3.63) is 24.3 Å². The first-order valence-corrected chi connectivity index (χ1v) is 14.4.